The summed E-state index contributed by atoms with van der Waals surface area (Å²) in [4.78, 5) is 16.7. The molecule has 0 fully saturated rings. The fourth-order valence-electron chi connectivity index (χ4n) is 2.04. The lowest BCUT2D eigenvalue weighted by Gasteiger charge is -2.17. The van der Waals surface area contributed by atoms with Crippen molar-refractivity contribution in [2.75, 3.05) is 0 Å². The summed E-state index contributed by atoms with van der Waals surface area (Å²) in [5.74, 6) is 1.09. The van der Waals surface area contributed by atoms with Crippen LogP contribution < -0.4 is 10.1 Å². The van der Waals surface area contributed by atoms with Gasteiger partial charge in [-0.05, 0) is 38.5 Å². The number of para-hydroxylation sites is 1. The highest BCUT2D eigenvalue weighted by molar-refractivity contribution is 5.97. The number of aliphatic imine (C=N–C) groups is 1. The zero-order valence-electron chi connectivity index (χ0n) is 13.7. The Labute approximate surface area is 137 Å². The molecule has 1 N–H and O–H groups in total. The van der Waals surface area contributed by atoms with Crippen LogP contribution in [0, 0.1) is 0 Å². The van der Waals surface area contributed by atoms with Gasteiger partial charge in [0.2, 0.25) is 0 Å². The van der Waals surface area contributed by atoms with Crippen LogP contribution in [0.1, 0.15) is 26.3 Å². The van der Waals surface area contributed by atoms with Crippen molar-refractivity contribution in [3.8, 4) is 5.75 Å². The molecule has 2 aromatic rings. The van der Waals surface area contributed by atoms with E-state index in [9.17, 15) is 4.79 Å². The molecule has 0 aromatic heterocycles. The molecule has 4 heteroatoms. The number of amidine groups is 1. The van der Waals surface area contributed by atoms with Crippen molar-refractivity contribution in [2.24, 2.45) is 4.99 Å². The molecule has 0 aliphatic heterocycles. The molecule has 0 saturated carbocycles. The lowest BCUT2D eigenvalue weighted by atomic mass is 10.1. The van der Waals surface area contributed by atoms with E-state index in [2.05, 4.69) is 10.3 Å². The minimum Gasteiger partial charge on any atom is -0.410 e. The van der Waals surface area contributed by atoms with Gasteiger partial charge in [-0.2, -0.15) is 0 Å². The Bertz CT molecular complexity index is 659. The number of hydrogen-bond acceptors (Lipinski definition) is 3. The standard InChI is InChI=1S/C19H22N2O2/c1-19(2,3)21-17(14-15-10-6-4-7-11-15)20-18(22)23-16-12-8-5-9-13-16/h4-13H,14H2,1-3H3,(H,20,21,22). The normalized spacial score (nSPS) is 11.9. The van der Waals surface area contributed by atoms with E-state index < -0.39 is 6.09 Å². The van der Waals surface area contributed by atoms with Gasteiger partial charge in [-0.15, -0.1) is 0 Å². The second kappa shape index (κ2) is 7.58. The van der Waals surface area contributed by atoms with E-state index in [1.54, 1.807) is 12.1 Å². The highest BCUT2D eigenvalue weighted by Crippen LogP contribution is 2.11. The van der Waals surface area contributed by atoms with Crippen LogP contribution in [-0.2, 0) is 6.42 Å². The first-order valence-electron chi connectivity index (χ1n) is 7.59. The van der Waals surface area contributed by atoms with Crippen LogP contribution in [0.3, 0.4) is 0 Å². The molecule has 2 rings (SSSR count). The van der Waals surface area contributed by atoms with Crippen molar-refractivity contribution in [1.82, 2.24) is 5.32 Å². The van der Waals surface area contributed by atoms with Crippen molar-refractivity contribution in [2.45, 2.75) is 32.7 Å². The van der Waals surface area contributed by atoms with Crippen LogP contribution in [0.5, 0.6) is 5.75 Å². The number of amides is 1. The fourth-order valence-corrected chi connectivity index (χ4v) is 2.04. The second-order valence-electron chi connectivity index (χ2n) is 6.22. The lowest BCUT2D eigenvalue weighted by molar-refractivity contribution is 0.206. The van der Waals surface area contributed by atoms with Gasteiger partial charge in [0, 0.05) is 6.42 Å². The van der Waals surface area contributed by atoms with Gasteiger partial charge in [-0.1, -0.05) is 48.5 Å². The summed E-state index contributed by atoms with van der Waals surface area (Å²) < 4.78 is 5.27. The van der Waals surface area contributed by atoms with Gasteiger partial charge < -0.3 is 4.74 Å². The molecule has 1 amide bonds. The van der Waals surface area contributed by atoms with E-state index in [4.69, 9.17) is 4.74 Å². The molecule has 0 aliphatic rings. The monoisotopic (exact) mass is 310 g/mol. The first-order valence-corrected chi connectivity index (χ1v) is 7.59. The summed E-state index contributed by atoms with van der Waals surface area (Å²) >= 11 is 0. The first kappa shape index (κ1) is 16.7. The zero-order valence-corrected chi connectivity index (χ0v) is 13.7. The van der Waals surface area contributed by atoms with Crippen LogP contribution in [0.25, 0.3) is 0 Å². The van der Waals surface area contributed by atoms with Crippen LogP contribution >= 0.6 is 0 Å². The minimum atomic E-state index is -0.532. The predicted octanol–water partition coefficient (Wildman–Crippen LogP) is 4.21. The number of nitrogens with one attached hydrogen (secondary N) is 1. The van der Waals surface area contributed by atoms with Gasteiger partial charge in [0.1, 0.15) is 11.6 Å². The van der Waals surface area contributed by atoms with Gasteiger partial charge in [0.15, 0.2) is 0 Å². The third-order valence-electron chi connectivity index (χ3n) is 2.88. The molecule has 0 unspecified atom stereocenters. The molecular weight excluding hydrogens is 288 g/mol. The topological polar surface area (TPSA) is 50.7 Å². The number of benzene rings is 2. The maximum Gasteiger partial charge on any atom is 0.418 e. The molecule has 0 atom stereocenters. The largest absolute Gasteiger partial charge is 0.418 e. The van der Waals surface area contributed by atoms with E-state index in [0.29, 0.717) is 18.0 Å². The van der Waals surface area contributed by atoms with E-state index in [1.165, 1.54) is 0 Å². The number of hydrogen-bond donors (Lipinski definition) is 1. The number of ether oxygens (including phenoxy) is 1. The molecule has 4 nitrogen and oxygen atoms in total. The Kier molecular flexibility index (Phi) is 5.52. The van der Waals surface area contributed by atoms with E-state index >= 15 is 0 Å². The van der Waals surface area contributed by atoms with Crippen LogP contribution in [0.4, 0.5) is 4.79 Å². The third kappa shape index (κ3) is 6.34. The molecule has 0 heterocycles. The SMILES string of the molecule is CC(C)(C)N=C(Cc1ccccc1)NC(=O)Oc1ccccc1. The van der Waals surface area contributed by atoms with Gasteiger partial charge >= 0.3 is 6.09 Å². The summed E-state index contributed by atoms with van der Waals surface area (Å²) in [7, 11) is 0. The van der Waals surface area contributed by atoms with Crippen LogP contribution in [0.15, 0.2) is 65.7 Å². The van der Waals surface area contributed by atoms with Gasteiger partial charge in [0.25, 0.3) is 0 Å². The highest BCUT2D eigenvalue weighted by Gasteiger charge is 2.14. The summed E-state index contributed by atoms with van der Waals surface area (Å²) in [5.41, 5.74) is 0.792. The quantitative estimate of drug-likeness (QED) is 0.682. The molecule has 23 heavy (non-hydrogen) atoms. The number of nitrogens with zero attached hydrogens (tertiary/aromatic N) is 1. The van der Waals surface area contributed by atoms with Crippen molar-refractivity contribution >= 4 is 11.9 Å². The first-order chi connectivity index (χ1) is 10.9. The van der Waals surface area contributed by atoms with Crippen molar-refractivity contribution in [1.29, 1.82) is 0 Å². The minimum absolute atomic E-state index is 0.288. The molecular formula is C19H22N2O2. The molecule has 0 spiro atoms. The van der Waals surface area contributed by atoms with Crippen molar-refractivity contribution < 1.29 is 9.53 Å². The number of carbonyl (C=O) groups is 1. The summed E-state index contributed by atoms with van der Waals surface area (Å²) in [6.45, 7) is 5.96. The Balaban J connectivity index is 2.08. The molecule has 0 radical (unpaired) electrons. The summed E-state index contributed by atoms with van der Waals surface area (Å²) in [6.07, 6.45) is 0.0114. The molecule has 0 aliphatic carbocycles. The van der Waals surface area contributed by atoms with Crippen molar-refractivity contribution in [3.63, 3.8) is 0 Å². The maximum absolute atomic E-state index is 12.1. The van der Waals surface area contributed by atoms with Crippen LogP contribution in [-0.4, -0.2) is 17.5 Å². The molecule has 0 saturated heterocycles. The number of rotatable bonds is 3. The average Bonchev–Trinajstić information content (AvgIpc) is 2.47. The maximum atomic E-state index is 12.1. The Morgan fingerprint density at radius 1 is 1.00 bits per heavy atom. The van der Waals surface area contributed by atoms with Gasteiger partial charge in [-0.3, -0.25) is 10.3 Å². The summed E-state index contributed by atoms with van der Waals surface area (Å²) in [5, 5.41) is 2.76. The Morgan fingerprint density at radius 3 is 2.13 bits per heavy atom. The number of carbonyl (C=O) groups excluding carboxylic acids is 1. The molecule has 120 valence electrons. The van der Waals surface area contributed by atoms with Crippen LogP contribution in [0.2, 0.25) is 0 Å². The van der Waals surface area contributed by atoms with E-state index in [-0.39, 0.29) is 5.54 Å². The van der Waals surface area contributed by atoms with Gasteiger partial charge in [0.05, 0.1) is 5.54 Å². The predicted molar refractivity (Wildman–Crippen MR) is 92.9 cm³/mol. The summed E-state index contributed by atoms with van der Waals surface area (Å²) in [6, 6.07) is 18.9. The Morgan fingerprint density at radius 2 is 1.57 bits per heavy atom. The van der Waals surface area contributed by atoms with Crippen molar-refractivity contribution in [3.05, 3.63) is 66.2 Å². The molecule has 2 aromatic carbocycles. The zero-order chi connectivity index (χ0) is 16.7. The fraction of sp³-hybridized carbons (Fsp3) is 0.263. The lowest BCUT2D eigenvalue weighted by Crippen LogP contribution is -2.36. The van der Waals surface area contributed by atoms with E-state index in [1.807, 2.05) is 69.3 Å². The second-order valence-corrected chi connectivity index (χ2v) is 6.22. The smallest absolute Gasteiger partial charge is 0.410 e. The average molecular weight is 310 g/mol. The highest BCUT2D eigenvalue weighted by atomic mass is 16.6. The van der Waals surface area contributed by atoms with E-state index in [0.717, 1.165) is 5.56 Å². The van der Waals surface area contributed by atoms with Gasteiger partial charge in [-0.25, -0.2) is 4.79 Å². The Hall–Kier alpha value is -2.62. The third-order valence-corrected chi connectivity index (χ3v) is 2.88. The molecule has 0 bridgehead atoms.